The predicted molar refractivity (Wildman–Crippen MR) is 81.7 cm³/mol. The lowest BCUT2D eigenvalue weighted by Crippen LogP contribution is -2.13. The largest absolute Gasteiger partial charge is 0.389 e. The summed E-state index contributed by atoms with van der Waals surface area (Å²) >= 11 is 10.9. The van der Waals surface area contributed by atoms with Gasteiger partial charge in [-0.2, -0.15) is 0 Å². The SMILES string of the molecule is NC(=S)c1ccc(NC(=O)c2cccc(F)c2)c(Cl)c1. The van der Waals surface area contributed by atoms with Gasteiger partial charge in [-0.3, -0.25) is 4.79 Å². The molecule has 2 rings (SSSR count). The van der Waals surface area contributed by atoms with Crippen molar-refractivity contribution in [2.75, 3.05) is 5.32 Å². The van der Waals surface area contributed by atoms with Crippen molar-refractivity contribution >= 4 is 40.4 Å². The fourth-order valence-corrected chi connectivity index (χ4v) is 1.95. The Morgan fingerprint density at radius 1 is 1.20 bits per heavy atom. The van der Waals surface area contributed by atoms with E-state index in [4.69, 9.17) is 29.6 Å². The van der Waals surface area contributed by atoms with E-state index in [0.717, 1.165) is 6.07 Å². The third-order valence-corrected chi connectivity index (χ3v) is 3.14. The third kappa shape index (κ3) is 3.31. The summed E-state index contributed by atoms with van der Waals surface area (Å²) < 4.78 is 13.1. The number of nitrogens with one attached hydrogen (secondary N) is 1. The normalized spacial score (nSPS) is 10.1. The van der Waals surface area contributed by atoms with Crippen LogP contribution in [0, 0.1) is 5.82 Å². The van der Waals surface area contributed by atoms with Gasteiger partial charge in [0.15, 0.2) is 0 Å². The number of halogens is 2. The number of carbonyl (C=O) groups is 1. The smallest absolute Gasteiger partial charge is 0.255 e. The molecule has 1 amide bonds. The van der Waals surface area contributed by atoms with Gasteiger partial charge in [-0.15, -0.1) is 0 Å². The van der Waals surface area contributed by atoms with E-state index in [0.29, 0.717) is 16.3 Å². The van der Waals surface area contributed by atoms with Gasteiger partial charge in [0.05, 0.1) is 10.7 Å². The number of hydrogen-bond acceptors (Lipinski definition) is 2. The van der Waals surface area contributed by atoms with Gasteiger partial charge in [-0.05, 0) is 36.4 Å². The summed E-state index contributed by atoms with van der Waals surface area (Å²) in [5.41, 5.74) is 6.70. The average molecular weight is 309 g/mol. The Morgan fingerprint density at radius 3 is 2.55 bits per heavy atom. The lowest BCUT2D eigenvalue weighted by Gasteiger charge is -2.08. The quantitative estimate of drug-likeness (QED) is 0.855. The molecule has 0 unspecified atom stereocenters. The third-order valence-electron chi connectivity index (χ3n) is 2.59. The molecule has 2 aromatic rings. The van der Waals surface area contributed by atoms with Gasteiger partial charge < -0.3 is 11.1 Å². The predicted octanol–water partition coefficient (Wildman–Crippen LogP) is 3.37. The van der Waals surface area contributed by atoms with Gasteiger partial charge in [-0.25, -0.2) is 4.39 Å². The van der Waals surface area contributed by atoms with E-state index < -0.39 is 11.7 Å². The van der Waals surface area contributed by atoms with Gasteiger partial charge >= 0.3 is 0 Å². The monoisotopic (exact) mass is 308 g/mol. The standard InChI is InChI=1S/C14H10ClFN2OS/c15-11-7-8(13(17)20)4-5-12(11)18-14(19)9-2-1-3-10(16)6-9/h1-7H,(H2,17,20)(H,18,19). The molecule has 0 heterocycles. The minimum atomic E-state index is -0.479. The molecule has 0 atom stereocenters. The fraction of sp³-hybridized carbons (Fsp3) is 0. The Morgan fingerprint density at radius 2 is 1.95 bits per heavy atom. The lowest BCUT2D eigenvalue weighted by molar-refractivity contribution is 0.102. The molecule has 0 spiro atoms. The molecule has 2 aromatic carbocycles. The van der Waals surface area contributed by atoms with Crippen LogP contribution in [-0.2, 0) is 0 Å². The summed E-state index contributed by atoms with van der Waals surface area (Å²) in [6.45, 7) is 0. The molecule has 0 aliphatic rings. The van der Waals surface area contributed by atoms with Crippen LogP contribution in [0.2, 0.25) is 5.02 Å². The lowest BCUT2D eigenvalue weighted by atomic mass is 10.1. The molecule has 0 aromatic heterocycles. The molecule has 20 heavy (non-hydrogen) atoms. The van der Waals surface area contributed by atoms with Crippen molar-refractivity contribution in [2.24, 2.45) is 5.73 Å². The van der Waals surface area contributed by atoms with E-state index in [2.05, 4.69) is 5.32 Å². The van der Waals surface area contributed by atoms with Crippen LogP contribution in [0.3, 0.4) is 0 Å². The first-order chi connectivity index (χ1) is 9.47. The van der Waals surface area contributed by atoms with Crippen LogP contribution in [0.5, 0.6) is 0 Å². The zero-order valence-electron chi connectivity index (χ0n) is 10.2. The highest BCUT2D eigenvalue weighted by Crippen LogP contribution is 2.23. The first-order valence-electron chi connectivity index (χ1n) is 5.63. The van der Waals surface area contributed by atoms with E-state index in [1.54, 1.807) is 18.2 Å². The fourth-order valence-electron chi connectivity index (χ4n) is 1.59. The van der Waals surface area contributed by atoms with Crippen molar-refractivity contribution in [2.45, 2.75) is 0 Å². The molecular formula is C14H10ClFN2OS. The van der Waals surface area contributed by atoms with Crippen molar-refractivity contribution in [3.05, 3.63) is 64.4 Å². The van der Waals surface area contributed by atoms with Gasteiger partial charge in [0.1, 0.15) is 10.8 Å². The molecule has 0 saturated carbocycles. The van der Waals surface area contributed by atoms with E-state index in [1.165, 1.54) is 18.2 Å². The zero-order chi connectivity index (χ0) is 14.7. The second kappa shape index (κ2) is 5.98. The van der Waals surface area contributed by atoms with Crippen molar-refractivity contribution in [3.63, 3.8) is 0 Å². The number of rotatable bonds is 3. The Labute approximate surface area is 125 Å². The zero-order valence-corrected chi connectivity index (χ0v) is 11.8. The molecular weight excluding hydrogens is 299 g/mol. The van der Waals surface area contributed by atoms with E-state index in [9.17, 15) is 9.18 Å². The minimum absolute atomic E-state index is 0.208. The van der Waals surface area contributed by atoms with Crippen LogP contribution < -0.4 is 11.1 Å². The Bertz CT molecular complexity index is 691. The summed E-state index contributed by atoms with van der Waals surface area (Å²) in [7, 11) is 0. The van der Waals surface area contributed by atoms with Crippen molar-refractivity contribution in [1.82, 2.24) is 0 Å². The van der Waals surface area contributed by atoms with Crippen molar-refractivity contribution in [1.29, 1.82) is 0 Å². The molecule has 6 heteroatoms. The van der Waals surface area contributed by atoms with E-state index >= 15 is 0 Å². The summed E-state index contributed by atoms with van der Waals surface area (Å²) in [4.78, 5) is 12.2. The number of nitrogens with two attached hydrogens (primary N) is 1. The Balaban J connectivity index is 2.22. The molecule has 3 N–H and O–H groups in total. The highest BCUT2D eigenvalue weighted by Gasteiger charge is 2.10. The van der Waals surface area contributed by atoms with Crippen molar-refractivity contribution in [3.8, 4) is 0 Å². The van der Waals surface area contributed by atoms with Crippen LogP contribution in [0.4, 0.5) is 10.1 Å². The van der Waals surface area contributed by atoms with Gasteiger partial charge in [0, 0.05) is 11.1 Å². The average Bonchev–Trinajstić information content (AvgIpc) is 2.40. The molecule has 0 fully saturated rings. The first-order valence-corrected chi connectivity index (χ1v) is 6.42. The van der Waals surface area contributed by atoms with Gasteiger partial charge in [0.2, 0.25) is 0 Å². The molecule has 0 saturated heterocycles. The molecule has 0 aliphatic carbocycles. The summed E-state index contributed by atoms with van der Waals surface area (Å²) in [5.74, 6) is -0.929. The van der Waals surface area contributed by atoms with Gasteiger partial charge in [-0.1, -0.05) is 29.9 Å². The van der Waals surface area contributed by atoms with Crippen LogP contribution in [-0.4, -0.2) is 10.9 Å². The van der Waals surface area contributed by atoms with Gasteiger partial charge in [0.25, 0.3) is 5.91 Å². The van der Waals surface area contributed by atoms with Crippen LogP contribution in [0.25, 0.3) is 0 Å². The molecule has 0 radical (unpaired) electrons. The highest BCUT2D eigenvalue weighted by atomic mass is 35.5. The minimum Gasteiger partial charge on any atom is -0.389 e. The van der Waals surface area contributed by atoms with Crippen molar-refractivity contribution < 1.29 is 9.18 Å². The second-order valence-corrected chi connectivity index (χ2v) is 4.87. The number of anilines is 1. The molecule has 0 bridgehead atoms. The molecule has 3 nitrogen and oxygen atoms in total. The summed E-state index contributed by atoms with van der Waals surface area (Å²) in [6, 6.07) is 10.2. The maximum atomic E-state index is 13.1. The highest BCUT2D eigenvalue weighted by molar-refractivity contribution is 7.80. The summed E-state index contributed by atoms with van der Waals surface area (Å²) in [6.07, 6.45) is 0. The molecule has 0 aliphatic heterocycles. The number of thiocarbonyl (C=S) groups is 1. The topological polar surface area (TPSA) is 55.1 Å². The van der Waals surface area contributed by atoms with Crippen LogP contribution in [0.15, 0.2) is 42.5 Å². The Kier molecular flexibility index (Phi) is 4.32. The molecule has 102 valence electrons. The second-order valence-electron chi connectivity index (χ2n) is 4.02. The Hall–Kier alpha value is -1.98. The van der Waals surface area contributed by atoms with E-state index in [1.807, 2.05) is 0 Å². The van der Waals surface area contributed by atoms with E-state index in [-0.39, 0.29) is 10.6 Å². The number of hydrogen-bond donors (Lipinski definition) is 2. The number of carbonyl (C=O) groups excluding carboxylic acids is 1. The summed E-state index contributed by atoms with van der Waals surface area (Å²) in [5, 5.41) is 2.90. The first kappa shape index (κ1) is 14.4. The van der Waals surface area contributed by atoms with Crippen LogP contribution in [0.1, 0.15) is 15.9 Å². The number of benzene rings is 2. The number of amides is 1. The maximum absolute atomic E-state index is 13.1. The maximum Gasteiger partial charge on any atom is 0.255 e. The van der Waals surface area contributed by atoms with Crippen LogP contribution >= 0.6 is 23.8 Å².